The number of fused-ring (bicyclic) bond motifs is 1. The van der Waals surface area contributed by atoms with Crippen LogP contribution in [0.15, 0.2) is 72.9 Å². The summed E-state index contributed by atoms with van der Waals surface area (Å²) in [6.45, 7) is 3.38. The molecule has 2 aromatic heterocycles. The van der Waals surface area contributed by atoms with Crippen molar-refractivity contribution in [3.05, 3.63) is 95.4 Å². The second-order valence-corrected chi connectivity index (χ2v) is 7.56. The average Bonchev–Trinajstić information content (AvgIpc) is 3.12. The fourth-order valence-corrected chi connectivity index (χ4v) is 3.53. The second kappa shape index (κ2) is 9.35. The highest BCUT2D eigenvalue weighted by molar-refractivity contribution is 5.76. The number of amides is 1. The predicted molar refractivity (Wildman–Crippen MR) is 119 cm³/mol. The van der Waals surface area contributed by atoms with Crippen LogP contribution in [0.3, 0.4) is 0 Å². The van der Waals surface area contributed by atoms with Crippen molar-refractivity contribution in [3.8, 4) is 0 Å². The third-order valence-corrected chi connectivity index (χ3v) is 5.18. The summed E-state index contributed by atoms with van der Waals surface area (Å²) >= 11 is 0. The lowest BCUT2D eigenvalue weighted by Gasteiger charge is -2.10. The highest BCUT2D eigenvalue weighted by Crippen LogP contribution is 2.18. The third kappa shape index (κ3) is 4.92. The lowest BCUT2D eigenvalue weighted by molar-refractivity contribution is -0.121. The zero-order valence-corrected chi connectivity index (χ0v) is 17.2. The number of hydrogen-bond donors (Lipinski definition) is 1. The maximum Gasteiger partial charge on any atom is 0.220 e. The van der Waals surface area contributed by atoms with Crippen molar-refractivity contribution in [3.63, 3.8) is 0 Å². The van der Waals surface area contributed by atoms with E-state index >= 15 is 0 Å². The first kappa shape index (κ1) is 19.8. The van der Waals surface area contributed by atoms with Gasteiger partial charge >= 0.3 is 0 Å². The summed E-state index contributed by atoms with van der Waals surface area (Å²) in [5.41, 5.74) is 5.35. The number of hydrogen-bond acceptors (Lipinski definition) is 3. The van der Waals surface area contributed by atoms with Gasteiger partial charge in [-0.25, -0.2) is 9.97 Å². The van der Waals surface area contributed by atoms with Crippen LogP contribution in [0.25, 0.3) is 11.2 Å². The van der Waals surface area contributed by atoms with Crippen molar-refractivity contribution in [2.24, 2.45) is 0 Å². The van der Waals surface area contributed by atoms with Gasteiger partial charge in [-0.2, -0.15) is 0 Å². The average molecular weight is 399 g/mol. The van der Waals surface area contributed by atoms with Gasteiger partial charge in [-0.1, -0.05) is 60.2 Å². The lowest BCUT2D eigenvalue weighted by Crippen LogP contribution is -2.22. The van der Waals surface area contributed by atoms with Gasteiger partial charge in [-0.3, -0.25) is 4.79 Å². The Morgan fingerprint density at radius 3 is 2.57 bits per heavy atom. The third-order valence-electron chi connectivity index (χ3n) is 5.18. The normalized spacial score (nSPS) is 11.0. The molecule has 2 aromatic carbocycles. The zero-order valence-electron chi connectivity index (χ0n) is 17.2. The van der Waals surface area contributed by atoms with Crippen LogP contribution in [0.4, 0.5) is 0 Å². The van der Waals surface area contributed by atoms with E-state index in [1.807, 2.05) is 42.5 Å². The van der Waals surface area contributed by atoms with Crippen molar-refractivity contribution in [2.75, 3.05) is 0 Å². The number of aromatic nitrogens is 3. The molecule has 4 rings (SSSR count). The zero-order chi connectivity index (χ0) is 20.8. The first-order valence-electron chi connectivity index (χ1n) is 10.4. The largest absolute Gasteiger partial charge is 0.352 e. The molecule has 0 aliphatic rings. The van der Waals surface area contributed by atoms with E-state index < -0.39 is 0 Å². The van der Waals surface area contributed by atoms with Gasteiger partial charge in [0.25, 0.3) is 0 Å². The standard InChI is InChI=1S/C25H26N4O/c1-19-12-14-21(15-13-19)18-29-23(28-22-9-6-16-26-25(22)29)10-5-11-24(30)27-17-20-7-3-2-4-8-20/h2-4,6-9,12-16H,5,10-11,17-18H2,1H3,(H,27,30). The van der Waals surface area contributed by atoms with Crippen LogP contribution in [0.1, 0.15) is 35.4 Å². The highest BCUT2D eigenvalue weighted by Gasteiger charge is 2.13. The first-order valence-corrected chi connectivity index (χ1v) is 10.4. The monoisotopic (exact) mass is 398 g/mol. The Balaban J connectivity index is 1.40. The molecule has 30 heavy (non-hydrogen) atoms. The molecule has 1 amide bonds. The van der Waals surface area contributed by atoms with E-state index in [2.05, 4.69) is 46.1 Å². The maximum absolute atomic E-state index is 12.2. The fraction of sp³-hybridized carbons (Fsp3) is 0.240. The molecule has 152 valence electrons. The van der Waals surface area contributed by atoms with Gasteiger partial charge in [0, 0.05) is 25.6 Å². The predicted octanol–water partition coefficient (Wildman–Crippen LogP) is 4.43. The molecule has 0 radical (unpaired) electrons. The van der Waals surface area contributed by atoms with Crippen LogP contribution >= 0.6 is 0 Å². The van der Waals surface area contributed by atoms with Crippen molar-refractivity contribution in [1.29, 1.82) is 0 Å². The van der Waals surface area contributed by atoms with Crippen molar-refractivity contribution >= 4 is 17.1 Å². The molecule has 0 fully saturated rings. The van der Waals surface area contributed by atoms with Gasteiger partial charge < -0.3 is 9.88 Å². The van der Waals surface area contributed by atoms with Crippen LogP contribution in [0, 0.1) is 6.92 Å². The Bertz CT molecular complexity index is 1120. The summed E-state index contributed by atoms with van der Waals surface area (Å²) in [5, 5.41) is 2.99. The molecule has 5 heteroatoms. The number of nitrogens with zero attached hydrogens (tertiary/aromatic N) is 3. The molecule has 5 nitrogen and oxygen atoms in total. The highest BCUT2D eigenvalue weighted by atomic mass is 16.1. The Labute approximate surface area is 176 Å². The van der Waals surface area contributed by atoms with Gasteiger partial charge in [0.1, 0.15) is 11.3 Å². The molecule has 1 N–H and O–H groups in total. The number of aryl methyl sites for hydroxylation is 2. The number of carbonyl (C=O) groups excluding carboxylic acids is 1. The fourth-order valence-electron chi connectivity index (χ4n) is 3.53. The van der Waals surface area contributed by atoms with Crippen molar-refractivity contribution in [1.82, 2.24) is 19.9 Å². The van der Waals surface area contributed by atoms with E-state index in [-0.39, 0.29) is 5.91 Å². The van der Waals surface area contributed by atoms with E-state index in [4.69, 9.17) is 4.98 Å². The minimum absolute atomic E-state index is 0.0678. The summed E-state index contributed by atoms with van der Waals surface area (Å²) in [4.78, 5) is 21.6. The SMILES string of the molecule is Cc1ccc(Cn2c(CCCC(=O)NCc3ccccc3)nc3cccnc32)cc1. The first-order chi connectivity index (χ1) is 14.7. The van der Waals surface area contributed by atoms with Crippen LogP contribution < -0.4 is 5.32 Å². The van der Waals surface area contributed by atoms with Gasteiger partial charge in [0.2, 0.25) is 5.91 Å². The molecule has 0 aliphatic heterocycles. The molecule has 0 bridgehead atoms. The van der Waals surface area contributed by atoms with Crippen LogP contribution in [-0.2, 0) is 24.3 Å². The number of pyridine rings is 1. The topological polar surface area (TPSA) is 59.8 Å². The molecule has 2 heterocycles. The minimum Gasteiger partial charge on any atom is -0.352 e. The minimum atomic E-state index is 0.0678. The van der Waals surface area contributed by atoms with Crippen LogP contribution in [0.5, 0.6) is 0 Å². The number of nitrogens with one attached hydrogen (secondary N) is 1. The summed E-state index contributed by atoms with van der Waals surface area (Å²) in [5.74, 6) is 1.04. The molecule has 0 spiro atoms. The molecule has 0 saturated carbocycles. The number of benzene rings is 2. The Morgan fingerprint density at radius 1 is 0.967 bits per heavy atom. The Kier molecular flexibility index (Phi) is 6.18. The number of carbonyl (C=O) groups is 1. The second-order valence-electron chi connectivity index (χ2n) is 7.56. The van der Waals surface area contributed by atoms with Crippen LogP contribution in [0.2, 0.25) is 0 Å². The maximum atomic E-state index is 12.2. The van der Waals surface area contributed by atoms with E-state index in [1.165, 1.54) is 11.1 Å². The van der Waals surface area contributed by atoms with E-state index in [9.17, 15) is 4.79 Å². The van der Waals surface area contributed by atoms with Gasteiger partial charge in [0.15, 0.2) is 5.65 Å². The van der Waals surface area contributed by atoms with E-state index in [1.54, 1.807) is 6.20 Å². The molecule has 0 unspecified atom stereocenters. The quantitative estimate of drug-likeness (QED) is 0.478. The summed E-state index contributed by atoms with van der Waals surface area (Å²) in [6, 6.07) is 22.4. The van der Waals surface area contributed by atoms with Crippen molar-refractivity contribution < 1.29 is 4.79 Å². The van der Waals surface area contributed by atoms with Crippen LogP contribution in [-0.4, -0.2) is 20.4 Å². The molecular formula is C25H26N4O. The Morgan fingerprint density at radius 2 is 1.77 bits per heavy atom. The van der Waals surface area contributed by atoms with E-state index in [0.29, 0.717) is 13.0 Å². The molecule has 0 saturated heterocycles. The summed E-state index contributed by atoms with van der Waals surface area (Å²) < 4.78 is 2.17. The molecule has 4 aromatic rings. The van der Waals surface area contributed by atoms with Crippen molar-refractivity contribution in [2.45, 2.75) is 39.3 Å². The van der Waals surface area contributed by atoms with Gasteiger partial charge in [0.05, 0.1) is 6.54 Å². The van der Waals surface area contributed by atoms with Gasteiger partial charge in [-0.05, 0) is 36.6 Å². The lowest BCUT2D eigenvalue weighted by atomic mass is 10.1. The number of rotatable bonds is 8. The van der Waals surface area contributed by atoms with Gasteiger partial charge in [-0.15, -0.1) is 0 Å². The molecule has 0 atom stereocenters. The van der Waals surface area contributed by atoms with E-state index in [0.717, 1.165) is 41.9 Å². The Hall–Kier alpha value is -3.47. The molecule has 0 aliphatic carbocycles. The summed E-state index contributed by atoms with van der Waals surface area (Å²) in [7, 11) is 0. The summed E-state index contributed by atoms with van der Waals surface area (Å²) in [6.07, 6.45) is 3.77. The smallest absolute Gasteiger partial charge is 0.220 e. The number of imidazole rings is 1. The molecular weight excluding hydrogens is 372 g/mol.